The molecule has 2 rings (SSSR count). The van der Waals surface area contributed by atoms with Crippen LogP contribution in [0.25, 0.3) is 0 Å². The molecule has 1 aliphatic rings. The van der Waals surface area contributed by atoms with Crippen LogP contribution in [0.1, 0.15) is 31.7 Å². The van der Waals surface area contributed by atoms with Crippen molar-refractivity contribution in [3.05, 3.63) is 30.1 Å². The third kappa shape index (κ3) is 2.32. The second kappa shape index (κ2) is 4.09. The first-order valence-electron chi connectivity index (χ1n) is 5.40. The third-order valence-corrected chi connectivity index (χ3v) is 2.82. The molecular formula is C12H18N2. The number of nitrogens with zero attached hydrogens (tertiary/aromatic N) is 1. The van der Waals surface area contributed by atoms with Crippen molar-refractivity contribution in [2.45, 2.75) is 32.2 Å². The number of pyridine rings is 1. The van der Waals surface area contributed by atoms with E-state index in [0.29, 0.717) is 6.04 Å². The van der Waals surface area contributed by atoms with Crippen LogP contribution >= 0.6 is 0 Å². The molecule has 14 heavy (non-hydrogen) atoms. The van der Waals surface area contributed by atoms with E-state index in [1.54, 1.807) is 0 Å². The van der Waals surface area contributed by atoms with E-state index in [1.807, 2.05) is 18.5 Å². The number of rotatable bonds is 4. The first-order valence-corrected chi connectivity index (χ1v) is 5.40. The van der Waals surface area contributed by atoms with Gasteiger partial charge in [-0.25, -0.2) is 0 Å². The molecule has 0 bridgehead atoms. The van der Waals surface area contributed by atoms with E-state index in [0.717, 1.165) is 18.4 Å². The summed E-state index contributed by atoms with van der Waals surface area (Å²) in [6, 6.07) is 4.82. The molecule has 2 nitrogen and oxygen atoms in total. The van der Waals surface area contributed by atoms with Gasteiger partial charge in [0.05, 0.1) is 0 Å². The van der Waals surface area contributed by atoms with Gasteiger partial charge in [-0.15, -0.1) is 0 Å². The summed E-state index contributed by atoms with van der Waals surface area (Å²) in [6.07, 6.45) is 5.17. The molecule has 0 radical (unpaired) electrons. The quantitative estimate of drug-likeness (QED) is 0.787. The summed E-state index contributed by atoms with van der Waals surface area (Å²) in [5, 5.41) is 3.49. The molecule has 1 aromatic rings. The lowest BCUT2D eigenvalue weighted by Crippen LogP contribution is -2.25. The average Bonchev–Trinajstić information content (AvgIpc) is 2.95. The van der Waals surface area contributed by atoms with Gasteiger partial charge in [-0.2, -0.15) is 0 Å². The predicted molar refractivity (Wildman–Crippen MR) is 58.2 cm³/mol. The van der Waals surface area contributed by atoms with Gasteiger partial charge >= 0.3 is 0 Å². The molecule has 0 aromatic carbocycles. The van der Waals surface area contributed by atoms with E-state index in [4.69, 9.17) is 0 Å². The molecule has 1 N–H and O–H groups in total. The lowest BCUT2D eigenvalue weighted by atomic mass is 10.1. The predicted octanol–water partition coefficient (Wildman–Crippen LogP) is 2.18. The Morgan fingerprint density at radius 1 is 1.57 bits per heavy atom. The molecule has 1 aliphatic carbocycles. The summed E-state index contributed by atoms with van der Waals surface area (Å²) in [5.41, 5.74) is 1.41. The Kier molecular flexibility index (Phi) is 2.82. The number of hydrogen-bond donors (Lipinski definition) is 1. The van der Waals surface area contributed by atoms with Crippen LogP contribution < -0.4 is 5.32 Å². The maximum Gasteiger partial charge on any atom is 0.0302 e. The van der Waals surface area contributed by atoms with Gasteiger partial charge in [0.25, 0.3) is 0 Å². The highest BCUT2D eigenvalue weighted by atomic mass is 14.9. The van der Waals surface area contributed by atoms with Crippen LogP contribution in [0.5, 0.6) is 0 Å². The lowest BCUT2D eigenvalue weighted by Gasteiger charge is -2.06. The molecule has 76 valence electrons. The molecule has 0 saturated heterocycles. The zero-order valence-corrected chi connectivity index (χ0v) is 8.90. The second-order valence-corrected chi connectivity index (χ2v) is 4.45. The normalized spacial score (nSPS) is 25.4. The number of hydrogen-bond acceptors (Lipinski definition) is 2. The van der Waals surface area contributed by atoms with E-state index in [-0.39, 0.29) is 0 Å². The Hall–Kier alpha value is -0.890. The number of nitrogens with one attached hydrogen (secondary N) is 1. The molecule has 1 fully saturated rings. The minimum absolute atomic E-state index is 0.602. The van der Waals surface area contributed by atoms with E-state index in [1.165, 1.54) is 12.0 Å². The van der Waals surface area contributed by atoms with Crippen LogP contribution in [0, 0.1) is 5.92 Å². The summed E-state index contributed by atoms with van der Waals surface area (Å²) in [4.78, 5) is 4.16. The fraction of sp³-hybridized carbons (Fsp3) is 0.583. The monoisotopic (exact) mass is 190 g/mol. The van der Waals surface area contributed by atoms with E-state index in [9.17, 15) is 0 Å². The average molecular weight is 190 g/mol. The van der Waals surface area contributed by atoms with Crippen LogP contribution in [-0.2, 0) is 0 Å². The fourth-order valence-electron chi connectivity index (χ4n) is 1.86. The summed E-state index contributed by atoms with van der Waals surface area (Å²) in [5.74, 6) is 1.59. The van der Waals surface area contributed by atoms with E-state index >= 15 is 0 Å². The van der Waals surface area contributed by atoms with Crippen LogP contribution in [0.15, 0.2) is 24.5 Å². The molecule has 2 heteroatoms. The minimum atomic E-state index is 0.602. The molecule has 2 unspecified atom stereocenters. The van der Waals surface area contributed by atoms with Gasteiger partial charge in [0, 0.05) is 18.4 Å². The smallest absolute Gasteiger partial charge is 0.0302 e. The van der Waals surface area contributed by atoms with Gasteiger partial charge < -0.3 is 5.32 Å². The van der Waals surface area contributed by atoms with E-state index < -0.39 is 0 Å². The zero-order valence-electron chi connectivity index (χ0n) is 8.90. The van der Waals surface area contributed by atoms with Gasteiger partial charge in [0.1, 0.15) is 0 Å². The van der Waals surface area contributed by atoms with Crippen molar-refractivity contribution in [1.82, 2.24) is 10.3 Å². The first-order chi connectivity index (χ1) is 6.77. The Labute approximate surface area is 85.7 Å². The van der Waals surface area contributed by atoms with Crippen molar-refractivity contribution in [2.75, 3.05) is 6.54 Å². The molecule has 1 heterocycles. The maximum atomic E-state index is 4.16. The minimum Gasteiger partial charge on any atom is -0.314 e. The summed E-state index contributed by atoms with van der Waals surface area (Å²) >= 11 is 0. The molecule has 0 spiro atoms. The topological polar surface area (TPSA) is 24.9 Å². The summed E-state index contributed by atoms with van der Waals surface area (Å²) in [7, 11) is 0. The SMILES string of the molecule is CC(C)NCC1CC1c1cccnc1. The molecule has 2 atom stereocenters. The molecular weight excluding hydrogens is 172 g/mol. The summed E-state index contributed by atoms with van der Waals surface area (Å²) in [6.45, 7) is 5.54. The highest BCUT2D eigenvalue weighted by Gasteiger charge is 2.37. The molecule has 0 amide bonds. The Morgan fingerprint density at radius 2 is 2.43 bits per heavy atom. The van der Waals surface area contributed by atoms with Crippen LogP contribution in [-0.4, -0.2) is 17.6 Å². The van der Waals surface area contributed by atoms with Crippen LogP contribution in [0.3, 0.4) is 0 Å². The zero-order chi connectivity index (χ0) is 9.97. The van der Waals surface area contributed by atoms with Gasteiger partial charge in [0.15, 0.2) is 0 Å². The molecule has 0 aliphatic heterocycles. The number of aromatic nitrogens is 1. The Bertz CT molecular complexity index is 282. The summed E-state index contributed by atoms with van der Waals surface area (Å²) < 4.78 is 0. The van der Waals surface area contributed by atoms with E-state index in [2.05, 4.69) is 30.2 Å². The Balaban J connectivity index is 1.82. The fourth-order valence-corrected chi connectivity index (χ4v) is 1.86. The highest BCUT2D eigenvalue weighted by molar-refractivity contribution is 5.22. The van der Waals surface area contributed by atoms with Crippen LogP contribution in [0.2, 0.25) is 0 Å². The molecule has 1 aromatic heterocycles. The standard InChI is InChI=1S/C12H18N2/c1-9(2)14-8-11-6-12(11)10-4-3-5-13-7-10/h3-5,7,9,11-12,14H,6,8H2,1-2H3. The van der Waals surface area contributed by atoms with Crippen molar-refractivity contribution in [3.8, 4) is 0 Å². The maximum absolute atomic E-state index is 4.16. The van der Waals surface area contributed by atoms with Gasteiger partial charge in [-0.3, -0.25) is 4.98 Å². The van der Waals surface area contributed by atoms with Crippen molar-refractivity contribution in [1.29, 1.82) is 0 Å². The van der Waals surface area contributed by atoms with Gasteiger partial charge in [-0.05, 0) is 36.4 Å². The van der Waals surface area contributed by atoms with Crippen molar-refractivity contribution >= 4 is 0 Å². The van der Waals surface area contributed by atoms with Crippen molar-refractivity contribution in [3.63, 3.8) is 0 Å². The lowest BCUT2D eigenvalue weighted by molar-refractivity contribution is 0.554. The van der Waals surface area contributed by atoms with Crippen LogP contribution in [0.4, 0.5) is 0 Å². The van der Waals surface area contributed by atoms with Crippen molar-refractivity contribution < 1.29 is 0 Å². The largest absolute Gasteiger partial charge is 0.314 e. The molecule has 1 saturated carbocycles. The first kappa shape index (κ1) is 9.66. The third-order valence-electron chi connectivity index (χ3n) is 2.82. The van der Waals surface area contributed by atoms with Gasteiger partial charge in [-0.1, -0.05) is 19.9 Å². The second-order valence-electron chi connectivity index (χ2n) is 4.45. The van der Waals surface area contributed by atoms with Gasteiger partial charge in [0.2, 0.25) is 0 Å². The van der Waals surface area contributed by atoms with Crippen molar-refractivity contribution in [2.24, 2.45) is 5.92 Å². The Morgan fingerprint density at radius 3 is 3.07 bits per heavy atom. The highest BCUT2D eigenvalue weighted by Crippen LogP contribution is 2.46.